The van der Waals surface area contributed by atoms with E-state index in [4.69, 9.17) is 16.3 Å². The number of hydrogen-bond donors (Lipinski definition) is 1. The largest absolute Gasteiger partial charge is 0.376 e. The number of benzene rings is 1. The predicted octanol–water partition coefficient (Wildman–Crippen LogP) is 3.59. The molecule has 0 bridgehead atoms. The van der Waals surface area contributed by atoms with Gasteiger partial charge in [0.15, 0.2) is 5.78 Å². The topological polar surface area (TPSA) is 80.6 Å². The number of urea groups is 1. The number of ketones is 1. The lowest BCUT2D eigenvalue weighted by Gasteiger charge is -2.23. The van der Waals surface area contributed by atoms with Gasteiger partial charge in [0, 0.05) is 40.7 Å². The van der Waals surface area contributed by atoms with Gasteiger partial charge in [0.2, 0.25) is 0 Å². The van der Waals surface area contributed by atoms with Crippen molar-refractivity contribution in [2.75, 3.05) is 13.2 Å². The summed E-state index contributed by atoms with van der Waals surface area (Å²) in [7, 11) is 0. The molecule has 1 aromatic carbocycles. The van der Waals surface area contributed by atoms with Crippen LogP contribution in [0.15, 0.2) is 30.3 Å². The first-order valence-electron chi connectivity index (χ1n) is 10.4. The van der Waals surface area contributed by atoms with E-state index < -0.39 is 17.5 Å². The molecule has 1 N–H and O–H groups in total. The van der Waals surface area contributed by atoms with Gasteiger partial charge >= 0.3 is 6.03 Å². The fraction of sp³-hybridized carbons (Fsp3) is 0.435. The highest BCUT2D eigenvalue weighted by Gasteiger charge is 2.50. The molecule has 164 valence electrons. The van der Waals surface area contributed by atoms with Gasteiger partial charge in [0.1, 0.15) is 5.54 Å². The Hall–Kier alpha value is -2.64. The van der Waals surface area contributed by atoms with Crippen molar-refractivity contribution in [1.82, 2.24) is 14.8 Å². The summed E-state index contributed by atoms with van der Waals surface area (Å²) >= 11 is 6.27. The van der Waals surface area contributed by atoms with Gasteiger partial charge in [-0.1, -0.05) is 29.8 Å². The number of nitrogens with one attached hydrogen (secondary N) is 1. The number of aromatic nitrogens is 1. The van der Waals surface area contributed by atoms with Gasteiger partial charge in [-0.2, -0.15) is 0 Å². The van der Waals surface area contributed by atoms with Gasteiger partial charge < -0.3 is 14.6 Å². The second-order valence-electron chi connectivity index (χ2n) is 8.38. The lowest BCUT2D eigenvalue weighted by molar-refractivity contribution is -0.130. The number of rotatable bonds is 6. The quantitative estimate of drug-likeness (QED) is 0.546. The van der Waals surface area contributed by atoms with Crippen LogP contribution in [0.2, 0.25) is 5.02 Å². The van der Waals surface area contributed by atoms with E-state index in [1.165, 1.54) is 0 Å². The molecule has 2 atom stereocenters. The third-order valence-corrected chi connectivity index (χ3v) is 6.60. The number of halogens is 1. The highest BCUT2D eigenvalue weighted by Crippen LogP contribution is 2.33. The van der Waals surface area contributed by atoms with Crippen LogP contribution in [-0.4, -0.2) is 46.4 Å². The molecule has 8 heteroatoms. The molecule has 31 heavy (non-hydrogen) atoms. The van der Waals surface area contributed by atoms with E-state index in [0.717, 1.165) is 35.7 Å². The number of aryl methyl sites for hydroxylation is 1. The molecule has 4 rings (SSSR count). The number of amides is 3. The van der Waals surface area contributed by atoms with Crippen LogP contribution >= 0.6 is 11.6 Å². The maximum Gasteiger partial charge on any atom is 0.325 e. The Morgan fingerprint density at radius 3 is 2.71 bits per heavy atom. The summed E-state index contributed by atoms with van der Waals surface area (Å²) in [5.74, 6) is -0.772. The Bertz CT molecular complexity index is 1060. The molecule has 3 heterocycles. The maximum absolute atomic E-state index is 13.2. The predicted molar refractivity (Wildman–Crippen MR) is 116 cm³/mol. The number of carbonyl (C=O) groups excluding carboxylic acids is 3. The first-order chi connectivity index (χ1) is 14.7. The highest BCUT2D eigenvalue weighted by molar-refractivity contribution is 6.32. The maximum atomic E-state index is 13.2. The molecule has 2 aliphatic rings. The smallest absolute Gasteiger partial charge is 0.325 e. The summed E-state index contributed by atoms with van der Waals surface area (Å²) in [6.45, 7) is 6.57. The van der Waals surface area contributed by atoms with Crippen LogP contribution in [0.4, 0.5) is 4.79 Å². The minimum Gasteiger partial charge on any atom is -0.376 e. The van der Waals surface area contributed by atoms with E-state index in [9.17, 15) is 14.4 Å². The van der Waals surface area contributed by atoms with E-state index in [0.29, 0.717) is 22.7 Å². The van der Waals surface area contributed by atoms with E-state index in [2.05, 4.69) is 9.88 Å². The molecular formula is C23H26ClN3O4. The van der Waals surface area contributed by atoms with Gasteiger partial charge in [-0.05, 0) is 45.7 Å². The molecule has 2 aliphatic heterocycles. The second-order valence-corrected chi connectivity index (χ2v) is 8.79. The number of Topliss-reactive ketones (excluding diaryl/α,β-unsaturated/α-hetero) is 1. The highest BCUT2D eigenvalue weighted by atomic mass is 35.5. The van der Waals surface area contributed by atoms with Crippen LogP contribution < -0.4 is 5.32 Å². The first-order valence-corrected chi connectivity index (χ1v) is 10.8. The third-order valence-electron chi connectivity index (χ3n) is 6.27. The van der Waals surface area contributed by atoms with Crippen LogP contribution in [0.3, 0.4) is 0 Å². The summed E-state index contributed by atoms with van der Waals surface area (Å²) < 4.78 is 7.80. The number of ether oxygens (including phenoxy) is 1. The van der Waals surface area contributed by atoms with Gasteiger partial charge in [-0.25, -0.2) is 4.79 Å². The summed E-state index contributed by atoms with van der Waals surface area (Å²) in [6.07, 6.45) is 2.20. The van der Waals surface area contributed by atoms with Crippen LogP contribution in [0, 0.1) is 13.8 Å². The molecule has 3 amide bonds. The van der Waals surface area contributed by atoms with Crippen molar-refractivity contribution >= 4 is 29.3 Å². The molecule has 0 saturated carbocycles. The van der Waals surface area contributed by atoms with Crippen molar-refractivity contribution in [1.29, 1.82) is 0 Å². The van der Waals surface area contributed by atoms with Crippen LogP contribution in [-0.2, 0) is 21.6 Å². The van der Waals surface area contributed by atoms with Crippen molar-refractivity contribution in [2.24, 2.45) is 0 Å². The average Bonchev–Trinajstić information content (AvgIpc) is 3.40. The lowest BCUT2D eigenvalue weighted by Crippen LogP contribution is -2.41. The molecular weight excluding hydrogens is 418 g/mol. The Balaban J connectivity index is 1.54. The van der Waals surface area contributed by atoms with Crippen molar-refractivity contribution in [2.45, 2.75) is 51.8 Å². The van der Waals surface area contributed by atoms with Crippen molar-refractivity contribution in [3.63, 3.8) is 0 Å². The fourth-order valence-electron chi connectivity index (χ4n) is 4.47. The van der Waals surface area contributed by atoms with Crippen LogP contribution in [0.25, 0.3) is 0 Å². The normalized spacial score (nSPS) is 23.5. The van der Waals surface area contributed by atoms with Crippen molar-refractivity contribution in [3.8, 4) is 0 Å². The molecule has 0 radical (unpaired) electrons. The third kappa shape index (κ3) is 3.77. The lowest BCUT2D eigenvalue weighted by atomic mass is 9.92. The Morgan fingerprint density at radius 2 is 2.03 bits per heavy atom. The first kappa shape index (κ1) is 21.6. The second kappa shape index (κ2) is 8.13. The molecule has 2 fully saturated rings. The van der Waals surface area contributed by atoms with E-state index >= 15 is 0 Å². The summed E-state index contributed by atoms with van der Waals surface area (Å²) in [4.78, 5) is 39.8. The van der Waals surface area contributed by atoms with Crippen LogP contribution in [0.1, 0.15) is 47.1 Å². The molecule has 2 aromatic rings. The Kier molecular flexibility index (Phi) is 5.66. The zero-order valence-electron chi connectivity index (χ0n) is 17.9. The minimum absolute atomic E-state index is 0.148. The van der Waals surface area contributed by atoms with Gasteiger partial charge in [-0.15, -0.1) is 0 Å². The number of hydrogen-bond acceptors (Lipinski definition) is 4. The zero-order chi connectivity index (χ0) is 22.3. The van der Waals surface area contributed by atoms with Crippen LogP contribution in [0.5, 0.6) is 0 Å². The Morgan fingerprint density at radius 1 is 1.29 bits per heavy atom. The SMILES string of the molecule is Cc1cc(C(=O)CN2C(=O)N[C@@](C)(c3ccccc3Cl)C2=O)c(C)n1C[C@H]1CCCO1. The van der Waals surface area contributed by atoms with Crippen molar-refractivity contribution < 1.29 is 19.1 Å². The zero-order valence-corrected chi connectivity index (χ0v) is 18.7. The number of carbonyl (C=O) groups is 3. The van der Waals surface area contributed by atoms with Gasteiger partial charge in [-0.3, -0.25) is 14.5 Å². The average molecular weight is 444 g/mol. The molecule has 2 saturated heterocycles. The molecule has 1 aromatic heterocycles. The standard InChI is InChI=1S/C23H26ClN3O4/c1-14-11-17(15(2)26(14)12-16-7-6-10-31-16)20(28)13-27-21(29)23(3,25-22(27)30)18-8-4-5-9-19(18)24/h4-5,8-9,11,16H,6-7,10,12-13H2,1-3H3,(H,25,30)/t16-,23+/m1/s1. The molecule has 0 aliphatic carbocycles. The summed E-state index contributed by atoms with van der Waals surface area (Å²) in [5, 5.41) is 3.08. The number of imide groups is 1. The van der Waals surface area contributed by atoms with E-state index in [1.54, 1.807) is 31.2 Å². The molecule has 7 nitrogen and oxygen atoms in total. The molecule has 0 spiro atoms. The summed E-state index contributed by atoms with van der Waals surface area (Å²) in [6, 6.07) is 8.09. The fourth-order valence-corrected chi connectivity index (χ4v) is 4.80. The van der Waals surface area contributed by atoms with Gasteiger partial charge in [0.25, 0.3) is 5.91 Å². The summed E-state index contributed by atoms with van der Waals surface area (Å²) in [5.41, 5.74) is 1.47. The van der Waals surface area contributed by atoms with E-state index in [1.807, 2.05) is 19.9 Å². The van der Waals surface area contributed by atoms with E-state index in [-0.39, 0.29) is 18.4 Å². The van der Waals surface area contributed by atoms with Crippen molar-refractivity contribution in [3.05, 3.63) is 57.9 Å². The van der Waals surface area contributed by atoms with Gasteiger partial charge in [0.05, 0.1) is 12.6 Å². The monoisotopic (exact) mass is 443 g/mol. The number of nitrogens with zero attached hydrogens (tertiary/aromatic N) is 2. The molecule has 0 unspecified atom stereocenters. The Labute approximate surface area is 186 Å². The minimum atomic E-state index is -1.31.